The summed E-state index contributed by atoms with van der Waals surface area (Å²) in [6.07, 6.45) is 4.07. The van der Waals surface area contributed by atoms with Gasteiger partial charge in [-0.2, -0.15) is 0 Å². The van der Waals surface area contributed by atoms with E-state index in [2.05, 4.69) is 15.2 Å². The van der Waals surface area contributed by atoms with E-state index in [1.54, 1.807) is 12.4 Å². The normalized spacial score (nSPS) is 25.9. The van der Waals surface area contributed by atoms with Gasteiger partial charge in [0, 0.05) is 31.6 Å². The van der Waals surface area contributed by atoms with Crippen LogP contribution < -0.4 is 5.32 Å². The van der Waals surface area contributed by atoms with Crippen LogP contribution in [-0.2, 0) is 16.1 Å². The Morgan fingerprint density at radius 3 is 3.04 bits per heavy atom. The van der Waals surface area contributed by atoms with Gasteiger partial charge in [0.1, 0.15) is 11.5 Å². The van der Waals surface area contributed by atoms with E-state index in [0.717, 1.165) is 36.8 Å². The van der Waals surface area contributed by atoms with Crippen LogP contribution in [0.2, 0.25) is 0 Å². The van der Waals surface area contributed by atoms with E-state index in [9.17, 15) is 4.79 Å². The van der Waals surface area contributed by atoms with Crippen molar-refractivity contribution >= 4 is 11.6 Å². The van der Waals surface area contributed by atoms with Crippen molar-refractivity contribution in [1.82, 2.24) is 9.88 Å². The zero-order chi connectivity index (χ0) is 17.2. The third-order valence-electron chi connectivity index (χ3n) is 5.08. The number of furan rings is 1. The maximum atomic E-state index is 12.3. The number of pyridine rings is 1. The number of anilines is 1. The van der Waals surface area contributed by atoms with Gasteiger partial charge in [-0.15, -0.1) is 0 Å². The predicted octanol–water partition coefficient (Wildman–Crippen LogP) is 2.46. The van der Waals surface area contributed by atoms with Gasteiger partial charge in [-0.25, -0.2) is 0 Å². The largest absolute Gasteiger partial charge is 0.465 e. The molecular formula is C19H23N3O3. The van der Waals surface area contributed by atoms with Crippen LogP contribution in [0.4, 0.5) is 5.69 Å². The lowest BCUT2D eigenvalue weighted by Crippen LogP contribution is -2.26. The molecule has 2 saturated heterocycles. The average Bonchev–Trinajstić information content (AvgIpc) is 3.27. The number of ether oxygens (including phenoxy) is 1. The van der Waals surface area contributed by atoms with E-state index in [1.807, 2.05) is 31.2 Å². The Morgan fingerprint density at radius 1 is 1.36 bits per heavy atom. The van der Waals surface area contributed by atoms with Gasteiger partial charge in [-0.1, -0.05) is 0 Å². The first-order valence-corrected chi connectivity index (χ1v) is 8.76. The lowest BCUT2D eigenvalue weighted by atomic mass is 9.90. The first kappa shape index (κ1) is 16.3. The Hall–Kier alpha value is -2.18. The number of nitrogens with zero attached hydrogens (tertiary/aromatic N) is 2. The number of carbonyl (C=O) groups excluding carboxylic acids is 1. The number of likely N-dealkylation sites (tertiary alicyclic amines) is 1. The molecule has 2 fully saturated rings. The molecule has 4 heterocycles. The smallest absolute Gasteiger partial charge is 0.224 e. The predicted molar refractivity (Wildman–Crippen MR) is 92.9 cm³/mol. The molecule has 1 N–H and O–H groups in total. The molecule has 0 unspecified atom stereocenters. The number of hydrogen-bond acceptors (Lipinski definition) is 5. The summed E-state index contributed by atoms with van der Waals surface area (Å²) in [4.78, 5) is 18.7. The fourth-order valence-corrected chi connectivity index (χ4v) is 3.90. The van der Waals surface area contributed by atoms with E-state index in [0.29, 0.717) is 18.9 Å². The molecule has 132 valence electrons. The summed E-state index contributed by atoms with van der Waals surface area (Å²) in [6, 6.07) is 7.69. The average molecular weight is 341 g/mol. The highest BCUT2D eigenvalue weighted by Gasteiger charge is 2.44. The van der Waals surface area contributed by atoms with E-state index in [4.69, 9.17) is 9.15 Å². The Balaban J connectivity index is 1.31. The third kappa shape index (κ3) is 3.75. The number of carbonyl (C=O) groups is 1. The molecule has 0 bridgehead atoms. The number of hydrogen-bond donors (Lipinski definition) is 1. The van der Waals surface area contributed by atoms with Gasteiger partial charge in [0.15, 0.2) is 0 Å². The number of aromatic nitrogens is 1. The van der Waals surface area contributed by atoms with Crippen molar-refractivity contribution in [3.8, 4) is 0 Å². The lowest BCUT2D eigenvalue weighted by Gasteiger charge is -2.18. The summed E-state index contributed by atoms with van der Waals surface area (Å²) in [5, 5.41) is 2.92. The Morgan fingerprint density at radius 2 is 2.28 bits per heavy atom. The second kappa shape index (κ2) is 6.98. The van der Waals surface area contributed by atoms with Crippen LogP contribution in [0.25, 0.3) is 0 Å². The van der Waals surface area contributed by atoms with Crippen molar-refractivity contribution in [2.24, 2.45) is 11.8 Å². The minimum absolute atomic E-state index is 0.0300. The summed E-state index contributed by atoms with van der Waals surface area (Å²) < 4.78 is 11.6. The Labute approximate surface area is 147 Å². The molecule has 2 aliphatic rings. The summed E-state index contributed by atoms with van der Waals surface area (Å²) >= 11 is 0. The minimum atomic E-state index is 0.0300. The maximum Gasteiger partial charge on any atom is 0.224 e. The van der Waals surface area contributed by atoms with Crippen molar-refractivity contribution in [3.63, 3.8) is 0 Å². The van der Waals surface area contributed by atoms with E-state index < -0.39 is 0 Å². The van der Waals surface area contributed by atoms with Crippen molar-refractivity contribution < 1.29 is 13.9 Å². The zero-order valence-electron chi connectivity index (χ0n) is 14.4. The standard InChI is InChI=1S/C19H23N3O3/c1-13-4-5-16(25-13)9-22-10-17-14(12-24-18(17)11-22)7-19(23)21-15-3-2-6-20-8-15/h2-6,8,14,17-18H,7,9-12H2,1H3,(H,21,23)/t14-,17+,18+/m1/s1. The van der Waals surface area contributed by atoms with Crippen LogP contribution in [0.15, 0.2) is 41.1 Å². The molecule has 3 atom stereocenters. The summed E-state index contributed by atoms with van der Waals surface area (Å²) in [5.41, 5.74) is 0.740. The molecule has 2 aromatic heterocycles. The summed E-state index contributed by atoms with van der Waals surface area (Å²) in [7, 11) is 0. The zero-order valence-corrected chi connectivity index (χ0v) is 14.4. The quantitative estimate of drug-likeness (QED) is 0.905. The van der Waals surface area contributed by atoms with Gasteiger partial charge in [0.05, 0.1) is 31.1 Å². The number of nitrogens with one attached hydrogen (secondary N) is 1. The first-order valence-electron chi connectivity index (χ1n) is 8.76. The molecule has 1 amide bonds. The fraction of sp³-hybridized carbons (Fsp3) is 0.474. The van der Waals surface area contributed by atoms with Crippen molar-refractivity contribution in [2.75, 3.05) is 25.0 Å². The second-order valence-electron chi connectivity index (χ2n) is 7.00. The molecule has 6 heteroatoms. The van der Waals surface area contributed by atoms with Crippen LogP contribution in [0.5, 0.6) is 0 Å². The van der Waals surface area contributed by atoms with Crippen molar-refractivity contribution in [3.05, 3.63) is 48.2 Å². The minimum Gasteiger partial charge on any atom is -0.465 e. The van der Waals surface area contributed by atoms with Crippen molar-refractivity contribution in [1.29, 1.82) is 0 Å². The monoisotopic (exact) mass is 341 g/mol. The number of rotatable bonds is 5. The van der Waals surface area contributed by atoms with Crippen LogP contribution in [0.3, 0.4) is 0 Å². The maximum absolute atomic E-state index is 12.3. The van der Waals surface area contributed by atoms with Gasteiger partial charge in [-0.3, -0.25) is 14.7 Å². The van der Waals surface area contributed by atoms with Gasteiger partial charge in [0.25, 0.3) is 0 Å². The summed E-state index contributed by atoms with van der Waals surface area (Å²) in [5.74, 6) is 2.64. The van der Waals surface area contributed by atoms with Crippen LogP contribution in [-0.4, -0.2) is 41.6 Å². The number of aryl methyl sites for hydroxylation is 1. The van der Waals surface area contributed by atoms with E-state index >= 15 is 0 Å². The Kier molecular flexibility index (Phi) is 4.55. The topological polar surface area (TPSA) is 67.6 Å². The lowest BCUT2D eigenvalue weighted by molar-refractivity contribution is -0.117. The molecule has 0 aromatic carbocycles. The second-order valence-corrected chi connectivity index (χ2v) is 7.00. The molecular weight excluding hydrogens is 318 g/mol. The molecule has 4 rings (SSSR count). The SMILES string of the molecule is Cc1ccc(CN2C[C@H]3[C@H](CC(=O)Nc4cccnc4)CO[C@H]3C2)o1. The highest BCUT2D eigenvalue weighted by molar-refractivity contribution is 5.90. The Bertz CT molecular complexity index is 731. The van der Waals surface area contributed by atoms with E-state index in [-0.39, 0.29) is 17.9 Å². The first-order chi connectivity index (χ1) is 12.2. The van der Waals surface area contributed by atoms with Crippen LogP contribution >= 0.6 is 0 Å². The highest BCUT2D eigenvalue weighted by Crippen LogP contribution is 2.36. The molecule has 25 heavy (non-hydrogen) atoms. The highest BCUT2D eigenvalue weighted by atomic mass is 16.5. The molecule has 0 saturated carbocycles. The molecule has 0 aliphatic carbocycles. The van der Waals surface area contributed by atoms with Crippen LogP contribution in [0, 0.1) is 18.8 Å². The third-order valence-corrected chi connectivity index (χ3v) is 5.08. The van der Waals surface area contributed by atoms with Crippen LogP contribution in [0.1, 0.15) is 17.9 Å². The van der Waals surface area contributed by atoms with Gasteiger partial charge in [0.2, 0.25) is 5.91 Å². The van der Waals surface area contributed by atoms with Gasteiger partial charge < -0.3 is 14.5 Å². The molecule has 6 nitrogen and oxygen atoms in total. The van der Waals surface area contributed by atoms with Gasteiger partial charge >= 0.3 is 0 Å². The summed E-state index contributed by atoms with van der Waals surface area (Å²) in [6.45, 7) is 5.30. The fourth-order valence-electron chi connectivity index (χ4n) is 3.90. The molecule has 0 radical (unpaired) electrons. The number of amides is 1. The van der Waals surface area contributed by atoms with Crippen molar-refractivity contribution in [2.45, 2.75) is 26.0 Å². The molecule has 2 aliphatic heterocycles. The van der Waals surface area contributed by atoms with Gasteiger partial charge in [-0.05, 0) is 37.1 Å². The molecule has 0 spiro atoms. The van der Waals surface area contributed by atoms with E-state index in [1.165, 1.54) is 0 Å². The molecule has 2 aromatic rings. The number of fused-ring (bicyclic) bond motifs is 1.